The lowest BCUT2D eigenvalue weighted by molar-refractivity contribution is -0.118. The molecule has 1 heterocycles. The molecule has 1 aromatic heterocycles. The first-order valence-corrected chi connectivity index (χ1v) is 8.43. The molecule has 0 saturated carbocycles. The summed E-state index contributed by atoms with van der Waals surface area (Å²) in [6, 6.07) is 3.35. The van der Waals surface area contributed by atoms with Gasteiger partial charge in [-0.3, -0.25) is 9.59 Å². The van der Waals surface area contributed by atoms with E-state index in [-0.39, 0.29) is 29.7 Å². The van der Waals surface area contributed by atoms with Crippen molar-refractivity contribution in [3.05, 3.63) is 76.9 Å². The second-order valence-corrected chi connectivity index (χ2v) is 6.16. The van der Waals surface area contributed by atoms with Gasteiger partial charge in [-0.15, -0.1) is 0 Å². The third kappa shape index (κ3) is 4.22. The highest BCUT2D eigenvalue weighted by Gasteiger charge is 2.23. The first-order valence-electron chi connectivity index (χ1n) is 8.43. The topological polar surface area (TPSA) is 98.2 Å². The van der Waals surface area contributed by atoms with Crippen molar-refractivity contribution in [3.8, 4) is 11.5 Å². The number of primary amides is 1. The molecule has 0 aliphatic heterocycles. The van der Waals surface area contributed by atoms with Crippen LogP contribution >= 0.6 is 0 Å². The van der Waals surface area contributed by atoms with Gasteiger partial charge in [0.15, 0.2) is 5.69 Å². The summed E-state index contributed by atoms with van der Waals surface area (Å²) in [6.45, 7) is 1.40. The number of benzene rings is 1. The predicted molar refractivity (Wildman–Crippen MR) is 97.8 cm³/mol. The molecule has 144 valence electrons. The fourth-order valence-electron chi connectivity index (χ4n) is 2.77. The average molecular weight is 385 g/mol. The molecule has 6 nitrogen and oxygen atoms in total. The molecule has 0 saturated heterocycles. The zero-order valence-corrected chi connectivity index (χ0v) is 15.0. The number of halogens is 2. The van der Waals surface area contributed by atoms with Gasteiger partial charge in [-0.1, -0.05) is 23.8 Å². The van der Waals surface area contributed by atoms with Crippen LogP contribution in [-0.2, 0) is 11.2 Å². The highest BCUT2D eigenvalue weighted by molar-refractivity contribution is 5.92. The van der Waals surface area contributed by atoms with Crippen molar-refractivity contribution >= 4 is 11.8 Å². The molecule has 0 radical (unpaired) electrons. The van der Waals surface area contributed by atoms with Gasteiger partial charge in [-0.05, 0) is 30.7 Å². The second-order valence-electron chi connectivity index (χ2n) is 6.16. The van der Waals surface area contributed by atoms with Crippen LogP contribution in [0.3, 0.4) is 0 Å². The molecule has 0 unspecified atom stereocenters. The van der Waals surface area contributed by atoms with Crippen LogP contribution in [0.4, 0.5) is 8.78 Å². The number of aromatic nitrogens is 1. The summed E-state index contributed by atoms with van der Waals surface area (Å²) in [5.74, 6) is -3.01. The minimum absolute atomic E-state index is 0.112. The Hall–Kier alpha value is -3.55. The number of allylic oxidation sites excluding steroid dienone is 5. The maximum atomic E-state index is 14.0. The Balaban J connectivity index is 1.94. The maximum absolute atomic E-state index is 14.0. The largest absolute Gasteiger partial charge is 0.440 e. The Bertz CT molecular complexity index is 1020. The van der Waals surface area contributed by atoms with Crippen LogP contribution in [0.25, 0.3) is 11.5 Å². The van der Waals surface area contributed by atoms with Crippen LogP contribution in [0.2, 0.25) is 0 Å². The predicted octanol–water partition coefficient (Wildman–Crippen LogP) is 3.17. The van der Waals surface area contributed by atoms with Crippen LogP contribution in [0.5, 0.6) is 0 Å². The van der Waals surface area contributed by atoms with Crippen molar-refractivity contribution in [1.29, 1.82) is 0 Å². The number of nitrogens with two attached hydrogens (primary N) is 1. The van der Waals surface area contributed by atoms with E-state index >= 15 is 0 Å². The second kappa shape index (κ2) is 7.99. The summed E-state index contributed by atoms with van der Waals surface area (Å²) >= 11 is 0. The van der Waals surface area contributed by atoms with Gasteiger partial charge in [0.05, 0.1) is 0 Å². The first-order chi connectivity index (χ1) is 13.3. The van der Waals surface area contributed by atoms with Crippen molar-refractivity contribution in [2.24, 2.45) is 5.73 Å². The maximum Gasteiger partial charge on any atom is 0.270 e. The van der Waals surface area contributed by atoms with E-state index in [9.17, 15) is 18.4 Å². The van der Waals surface area contributed by atoms with E-state index in [1.165, 1.54) is 13.0 Å². The SMILES string of the molecule is CC(=O)NC1=CC=C(Cc2oc(-c3c(F)cccc3F)nc2C(N)=O)CC=C1. The molecule has 8 heteroatoms. The van der Waals surface area contributed by atoms with E-state index in [1.54, 1.807) is 18.2 Å². The molecule has 1 aliphatic rings. The standard InChI is InChI=1S/C20H17F2N3O3/c1-11(26)24-13-5-2-4-12(8-9-13)10-16-18(19(23)27)25-20(28-16)17-14(21)6-3-7-15(17)22/h2-3,5-9H,4,10H2,1H3,(H2,23,27)(H,24,26). The van der Waals surface area contributed by atoms with Crippen LogP contribution in [-0.4, -0.2) is 16.8 Å². The number of hydrogen-bond acceptors (Lipinski definition) is 4. The zero-order valence-electron chi connectivity index (χ0n) is 15.0. The third-order valence-corrected chi connectivity index (χ3v) is 3.99. The van der Waals surface area contributed by atoms with E-state index in [0.717, 1.165) is 17.7 Å². The fourth-order valence-corrected chi connectivity index (χ4v) is 2.77. The molecule has 28 heavy (non-hydrogen) atoms. The Morgan fingerprint density at radius 1 is 1.25 bits per heavy atom. The number of nitrogens with one attached hydrogen (secondary N) is 1. The molecule has 0 bridgehead atoms. The number of carbonyl (C=O) groups is 2. The molecule has 3 N–H and O–H groups in total. The van der Waals surface area contributed by atoms with Crippen molar-refractivity contribution < 1.29 is 22.8 Å². The average Bonchev–Trinajstić information content (AvgIpc) is 2.89. The summed E-state index contributed by atoms with van der Waals surface area (Å²) in [7, 11) is 0. The summed E-state index contributed by atoms with van der Waals surface area (Å²) in [6.07, 6.45) is 7.73. The molecular formula is C20H17F2N3O3. The van der Waals surface area contributed by atoms with Gasteiger partial charge < -0.3 is 15.5 Å². The smallest absolute Gasteiger partial charge is 0.270 e. The van der Waals surface area contributed by atoms with Gasteiger partial charge >= 0.3 is 0 Å². The fraction of sp³-hybridized carbons (Fsp3) is 0.150. The molecule has 0 atom stereocenters. The minimum atomic E-state index is -0.860. The van der Waals surface area contributed by atoms with E-state index in [4.69, 9.17) is 10.2 Å². The lowest BCUT2D eigenvalue weighted by atomic mass is 10.1. The van der Waals surface area contributed by atoms with Gasteiger partial charge in [0, 0.05) is 19.0 Å². The van der Waals surface area contributed by atoms with Crippen molar-refractivity contribution in [1.82, 2.24) is 10.3 Å². The summed E-state index contributed by atoms with van der Waals surface area (Å²) in [5.41, 5.74) is 6.16. The van der Waals surface area contributed by atoms with Gasteiger partial charge in [-0.25, -0.2) is 13.8 Å². The van der Waals surface area contributed by atoms with Gasteiger partial charge in [-0.2, -0.15) is 0 Å². The number of rotatable bonds is 5. The zero-order chi connectivity index (χ0) is 20.3. The molecule has 1 aromatic carbocycles. The van der Waals surface area contributed by atoms with E-state index in [0.29, 0.717) is 12.1 Å². The van der Waals surface area contributed by atoms with Crippen LogP contribution in [0, 0.1) is 11.6 Å². The number of nitrogens with zero attached hydrogens (tertiary/aromatic N) is 1. The number of hydrogen-bond donors (Lipinski definition) is 2. The molecule has 0 fully saturated rings. The Morgan fingerprint density at radius 2 is 1.96 bits per heavy atom. The molecule has 3 rings (SSSR count). The van der Waals surface area contributed by atoms with Gasteiger partial charge in [0.2, 0.25) is 11.8 Å². The number of oxazole rings is 1. The number of amides is 2. The van der Waals surface area contributed by atoms with E-state index in [1.807, 2.05) is 6.08 Å². The van der Waals surface area contributed by atoms with Crippen LogP contribution < -0.4 is 11.1 Å². The summed E-state index contributed by atoms with van der Waals surface area (Å²) in [4.78, 5) is 26.8. The van der Waals surface area contributed by atoms with Crippen LogP contribution in [0.15, 0.2) is 58.2 Å². The van der Waals surface area contributed by atoms with Gasteiger partial charge in [0.1, 0.15) is 23.0 Å². The van der Waals surface area contributed by atoms with Crippen LogP contribution in [0.1, 0.15) is 29.6 Å². The van der Waals surface area contributed by atoms with E-state index in [2.05, 4.69) is 10.3 Å². The summed E-state index contributed by atoms with van der Waals surface area (Å²) < 4.78 is 33.5. The molecule has 1 aliphatic carbocycles. The van der Waals surface area contributed by atoms with Crippen molar-refractivity contribution in [2.75, 3.05) is 0 Å². The number of carbonyl (C=O) groups excluding carboxylic acids is 2. The molecule has 2 amide bonds. The minimum Gasteiger partial charge on any atom is -0.440 e. The van der Waals surface area contributed by atoms with Gasteiger partial charge in [0.25, 0.3) is 5.91 Å². The normalized spacial score (nSPS) is 13.5. The van der Waals surface area contributed by atoms with Crippen molar-refractivity contribution in [3.63, 3.8) is 0 Å². The quantitative estimate of drug-likeness (QED) is 0.826. The lowest BCUT2D eigenvalue weighted by Gasteiger charge is -2.02. The third-order valence-electron chi connectivity index (χ3n) is 3.99. The highest BCUT2D eigenvalue weighted by atomic mass is 19.1. The molecule has 2 aromatic rings. The Morgan fingerprint density at radius 3 is 2.61 bits per heavy atom. The molecule has 0 spiro atoms. The summed E-state index contributed by atoms with van der Waals surface area (Å²) in [5, 5.41) is 2.67. The Labute approximate surface area is 159 Å². The van der Waals surface area contributed by atoms with Crippen molar-refractivity contribution in [2.45, 2.75) is 19.8 Å². The van der Waals surface area contributed by atoms with E-state index < -0.39 is 23.1 Å². The Kier molecular flexibility index (Phi) is 5.49. The monoisotopic (exact) mass is 385 g/mol. The molecular weight excluding hydrogens is 368 g/mol. The lowest BCUT2D eigenvalue weighted by Crippen LogP contribution is -2.17. The first kappa shape index (κ1) is 19.2. The highest BCUT2D eigenvalue weighted by Crippen LogP contribution is 2.29.